The molecule has 6 nitrogen and oxygen atoms in total. The van der Waals surface area contributed by atoms with Gasteiger partial charge in [0.05, 0.1) is 5.69 Å². The lowest BCUT2D eigenvalue weighted by molar-refractivity contribution is -0.116. The third kappa shape index (κ3) is 3.92. The van der Waals surface area contributed by atoms with E-state index in [0.717, 1.165) is 10.1 Å². The number of carbonyl (C=O) groups is 1. The Morgan fingerprint density at radius 2 is 1.77 bits per heavy atom. The number of benzene rings is 2. The summed E-state index contributed by atoms with van der Waals surface area (Å²) in [6, 6.07) is 13.9. The van der Waals surface area contributed by atoms with Crippen LogP contribution in [0.5, 0.6) is 0 Å². The Labute approximate surface area is 154 Å². The molecule has 7 heteroatoms. The zero-order chi connectivity index (χ0) is 18.7. The minimum absolute atomic E-state index is 0.252. The minimum Gasteiger partial charge on any atom is -0.325 e. The minimum atomic E-state index is -0.786. The van der Waals surface area contributed by atoms with E-state index in [4.69, 9.17) is 11.6 Å². The molecule has 0 radical (unpaired) electrons. The molecule has 1 aromatic heterocycles. The number of hydrogen-bond acceptors (Lipinski definition) is 3. The first-order valence-electron chi connectivity index (χ1n) is 7.88. The molecule has 0 bridgehead atoms. The fraction of sp³-hybridized carbons (Fsp3) is 0.105. The maximum Gasteiger partial charge on any atom is 0.320 e. The molecular formula is C19H16ClN3O3. The van der Waals surface area contributed by atoms with Crippen LogP contribution in [0.3, 0.4) is 0 Å². The van der Waals surface area contributed by atoms with Crippen LogP contribution in [-0.2, 0) is 11.3 Å². The Hall–Kier alpha value is -3.12. The summed E-state index contributed by atoms with van der Waals surface area (Å²) in [5.74, 6) is -0.393. The van der Waals surface area contributed by atoms with E-state index >= 15 is 0 Å². The van der Waals surface area contributed by atoms with E-state index in [0.29, 0.717) is 16.4 Å². The predicted molar refractivity (Wildman–Crippen MR) is 101 cm³/mol. The fourth-order valence-electron chi connectivity index (χ4n) is 2.45. The van der Waals surface area contributed by atoms with Gasteiger partial charge in [-0.2, -0.15) is 0 Å². The number of anilines is 1. The van der Waals surface area contributed by atoms with E-state index in [-0.39, 0.29) is 6.54 Å². The van der Waals surface area contributed by atoms with Crippen LogP contribution in [0.25, 0.3) is 5.69 Å². The summed E-state index contributed by atoms with van der Waals surface area (Å²) in [5, 5.41) is 3.15. The van der Waals surface area contributed by atoms with Gasteiger partial charge in [-0.15, -0.1) is 0 Å². The van der Waals surface area contributed by atoms with Crippen LogP contribution in [-0.4, -0.2) is 15.0 Å². The Balaban J connectivity index is 1.82. The average molecular weight is 370 g/mol. The number of halogens is 1. The molecular weight excluding hydrogens is 354 g/mol. The Morgan fingerprint density at radius 1 is 1.04 bits per heavy atom. The van der Waals surface area contributed by atoms with Crippen molar-refractivity contribution in [2.45, 2.75) is 13.5 Å². The van der Waals surface area contributed by atoms with Crippen molar-refractivity contribution in [3.05, 3.63) is 92.2 Å². The summed E-state index contributed by atoms with van der Waals surface area (Å²) >= 11 is 5.92. The molecule has 0 atom stereocenters. The largest absolute Gasteiger partial charge is 0.325 e. The maximum absolute atomic E-state index is 12.3. The van der Waals surface area contributed by atoms with Gasteiger partial charge in [0, 0.05) is 23.1 Å². The molecule has 3 aromatic rings. The monoisotopic (exact) mass is 369 g/mol. The van der Waals surface area contributed by atoms with Gasteiger partial charge >= 0.3 is 11.1 Å². The van der Waals surface area contributed by atoms with Crippen molar-refractivity contribution in [2.75, 3.05) is 5.32 Å². The Morgan fingerprint density at radius 3 is 2.46 bits per heavy atom. The molecule has 0 saturated carbocycles. The van der Waals surface area contributed by atoms with Crippen molar-refractivity contribution in [3.8, 4) is 5.69 Å². The summed E-state index contributed by atoms with van der Waals surface area (Å²) < 4.78 is 2.27. The maximum atomic E-state index is 12.3. The molecule has 0 spiro atoms. The van der Waals surface area contributed by atoms with Gasteiger partial charge in [0.25, 0.3) is 0 Å². The van der Waals surface area contributed by atoms with Crippen LogP contribution in [0.2, 0.25) is 5.02 Å². The second-order valence-electron chi connectivity index (χ2n) is 5.80. The molecule has 2 aromatic carbocycles. The first-order valence-corrected chi connectivity index (χ1v) is 8.26. The average Bonchev–Trinajstić information content (AvgIpc) is 2.61. The molecule has 132 valence electrons. The second-order valence-corrected chi connectivity index (χ2v) is 6.24. The van der Waals surface area contributed by atoms with Crippen LogP contribution in [0, 0.1) is 6.92 Å². The highest BCUT2D eigenvalue weighted by Gasteiger charge is 2.10. The number of aryl methyl sites for hydroxylation is 1. The highest BCUT2D eigenvalue weighted by atomic mass is 35.5. The van der Waals surface area contributed by atoms with E-state index in [1.54, 1.807) is 36.4 Å². The van der Waals surface area contributed by atoms with Gasteiger partial charge in [0.15, 0.2) is 0 Å². The van der Waals surface area contributed by atoms with Crippen LogP contribution in [0.15, 0.2) is 70.5 Å². The van der Waals surface area contributed by atoms with Crippen molar-refractivity contribution in [2.24, 2.45) is 0 Å². The molecule has 1 heterocycles. The van der Waals surface area contributed by atoms with E-state index in [9.17, 15) is 14.4 Å². The molecule has 0 unspecified atom stereocenters. The first kappa shape index (κ1) is 17.7. The van der Waals surface area contributed by atoms with Crippen LogP contribution >= 0.6 is 11.6 Å². The van der Waals surface area contributed by atoms with Crippen LogP contribution in [0.4, 0.5) is 5.69 Å². The highest BCUT2D eigenvalue weighted by molar-refractivity contribution is 6.30. The number of rotatable bonds is 4. The van der Waals surface area contributed by atoms with E-state index in [1.807, 2.05) is 19.1 Å². The number of nitrogens with one attached hydrogen (secondary N) is 1. The standard InChI is InChI=1S/C19H16ClN3O3/c1-13-5-7-15(8-6-13)21-17(24)12-22-9-10-23(19(26)18(22)25)16-4-2-3-14(20)11-16/h2-11H,12H2,1H3,(H,21,24). The summed E-state index contributed by atoms with van der Waals surface area (Å²) in [6.07, 6.45) is 2.84. The van der Waals surface area contributed by atoms with Crippen LogP contribution in [0.1, 0.15) is 5.56 Å². The molecule has 0 saturated heterocycles. The third-order valence-corrected chi connectivity index (χ3v) is 4.03. The molecule has 1 amide bonds. The van der Waals surface area contributed by atoms with Gasteiger partial charge < -0.3 is 5.32 Å². The number of hydrogen-bond donors (Lipinski definition) is 1. The summed E-state index contributed by atoms with van der Waals surface area (Å²) in [6.45, 7) is 1.69. The van der Waals surface area contributed by atoms with E-state index < -0.39 is 17.0 Å². The van der Waals surface area contributed by atoms with Gasteiger partial charge in [0.2, 0.25) is 5.91 Å². The summed E-state index contributed by atoms with van der Waals surface area (Å²) in [7, 11) is 0. The molecule has 1 N–H and O–H groups in total. The van der Waals surface area contributed by atoms with Gasteiger partial charge in [0.1, 0.15) is 6.54 Å². The van der Waals surface area contributed by atoms with Crippen molar-refractivity contribution < 1.29 is 4.79 Å². The quantitative estimate of drug-likeness (QED) is 0.718. The summed E-state index contributed by atoms with van der Waals surface area (Å²) in [4.78, 5) is 36.8. The van der Waals surface area contributed by atoms with Gasteiger partial charge in [-0.25, -0.2) is 0 Å². The lowest BCUT2D eigenvalue weighted by Crippen LogP contribution is -2.41. The molecule has 0 fully saturated rings. The highest BCUT2D eigenvalue weighted by Crippen LogP contribution is 2.12. The first-order chi connectivity index (χ1) is 12.4. The van der Waals surface area contributed by atoms with Gasteiger partial charge in [-0.3, -0.25) is 23.5 Å². The number of nitrogens with zero attached hydrogens (tertiary/aromatic N) is 2. The smallest absolute Gasteiger partial charge is 0.320 e. The lowest BCUT2D eigenvalue weighted by Gasteiger charge is -2.10. The normalized spacial score (nSPS) is 10.5. The fourth-order valence-corrected chi connectivity index (χ4v) is 2.64. The van der Waals surface area contributed by atoms with Crippen LogP contribution < -0.4 is 16.4 Å². The second kappa shape index (κ2) is 7.41. The number of aromatic nitrogens is 2. The predicted octanol–water partition coefficient (Wildman–Crippen LogP) is 2.60. The van der Waals surface area contributed by atoms with E-state index in [2.05, 4.69) is 5.32 Å². The molecule has 0 aliphatic heterocycles. The molecule has 26 heavy (non-hydrogen) atoms. The van der Waals surface area contributed by atoms with E-state index in [1.165, 1.54) is 17.0 Å². The van der Waals surface area contributed by atoms with Crippen molar-refractivity contribution in [3.63, 3.8) is 0 Å². The lowest BCUT2D eigenvalue weighted by atomic mass is 10.2. The topological polar surface area (TPSA) is 73.1 Å². The molecule has 3 rings (SSSR count). The van der Waals surface area contributed by atoms with Gasteiger partial charge in [-0.1, -0.05) is 35.4 Å². The Kier molecular flexibility index (Phi) is 5.04. The molecule has 0 aliphatic rings. The third-order valence-electron chi connectivity index (χ3n) is 3.79. The number of carbonyl (C=O) groups excluding carboxylic acids is 1. The zero-order valence-electron chi connectivity index (χ0n) is 14.0. The molecule has 0 aliphatic carbocycles. The Bertz CT molecular complexity index is 1070. The summed E-state index contributed by atoms with van der Waals surface area (Å²) in [5.41, 5.74) is 0.644. The number of amides is 1. The van der Waals surface area contributed by atoms with Crippen molar-refractivity contribution >= 4 is 23.2 Å². The van der Waals surface area contributed by atoms with Crippen molar-refractivity contribution in [1.29, 1.82) is 0 Å². The van der Waals surface area contributed by atoms with Gasteiger partial charge in [-0.05, 0) is 37.3 Å². The SMILES string of the molecule is Cc1ccc(NC(=O)Cn2ccn(-c3cccc(Cl)c3)c(=O)c2=O)cc1. The van der Waals surface area contributed by atoms with Crippen molar-refractivity contribution in [1.82, 2.24) is 9.13 Å². The zero-order valence-corrected chi connectivity index (χ0v) is 14.7.